The van der Waals surface area contributed by atoms with Crippen molar-refractivity contribution in [3.8, 4) is 0 Å². The number of rotatable bonds is 0. The maximum Gasteiger partial charge on any atom is 4.00 e. The van der Waals surface area contributed by atoms with Gasteiger partial charge in [-0.2, -0.15) is 34.9 Å². The maximum absolute atomic E-state index is 2.17. The van der Waals surface area contributed by atoms with Crippen LogP contribution in [0.15, 0.2) is 36.4 Å². The fourth-order valence-corrected chi connectivity index (χ4v) is 1.32. The Bertz CT molecular complexity index is 355. The summed E-state index contributed by atoms with van der Waals surface area (Å²) in [5.74, 6) is 0. The summed E-state index contributed by atoms with van der Waals surface area (Å²) in [6.45, 7) is 8.45. The van der Waals surface area contributed by atoms with Gasteiger partial charge in [0.1, 0.15) is 0 Å². The van der Waals surface area contributed by atoms with Crippen molar-refractivity contribution in [2.75, 3.05) is 0 Å². The van der Waals surface area contributed by atoms with Gasteiger partial charge in [-0.3, -0.25) is 0 Å². The van der Waals surface area contributed by atoms with Gasteiger partial charge < -0.3 is 24.8 Å². The molecule has 0 heterocycles. The molecule has 0 aromatic heterocycles. The zero-order valence-electron chi connectivity index (χ0n) is 10.7. The summed E-state index contributed by atoms with van der Waals surface area (Å²) in [5, 5.41) is 0. The monoisotopic (exact) mass is 436 g/mol. The van der Waals surface area contributed by atoms with Crippen LogP contribution in [0.1, 0.15) is 22.3 Å². The molecule has 3 heteroatoms. The van der Waals surface area contributed by atoms with E-state index >= 15 is 0 Å². The van der Waals surface area contributed by atoms with E-state index in [1.165, 1.54) is 22.3 Å². The molecule has 92 valence electrons. The molecule has 0 N–H and O–H groups in total. The Labute approximate surface area is 136 Å². The molecule has 17 heavy (non-hydrogen) atoms. The molecule has 2 aromatic carbocycles. The van der Waals surface area contributed by atoms with Crippen molar-refractivity contribution < 1.29 is 50.7 Å². The first-order chi connectivity index (χ1) is 6.59. The molecule has 0 saturated carbocycles. The zero-order valence-corrected chi connectivity index (χ0v) is 15.8. The van der Waals surface area contributed by atoms with Crippen molar-refractivity contribution in [1.82, 2.24) is 0 Å². The minimum atomic E-state index is 0. The molecular weight excluding hydrogens is 418 g/mol. The first-order valence-electron chi connectivity index (χ1n) is 4.98. The Kier molecular flexibility index (Phi) is 14.8. The topological polar surface area (TPSA) is 0 Å². The van der Waals surface area contributed by atoms with Crippen LogP contribution in [0.25, 0.3) is 0 Å². The van der Waals surface area contributed by atoms with Gasteiger partial charge in [0, 0.05) is 0 Å². The summed E-state index contributed by atoms with van der Waals surface area (Å²) in [7, 11) is 0. The van der Waals surface area contributed by atoms with Gasteiger partial charge in [-0.25, -0.2) is 23.8 Å². The molecule has 0 aliphatic carbocycles. The predicted molar refractivity (Wildman–Crippen MR) is 63.0 cm³/mol. The summed E-state index contributed by atoms with van der Waals surface area (Å²) in [6.07, 6.45) is 0. The Morgan fingerprint density at radius 3 is 1.65 bits per heavy atom. The van der Waals surface area contributed by atoms with Crippen LogP contribution in [0.4, 0.5) is 0 Å². The van der Waals surface area contributed by atoms with Gasteiger partial charge in [0.2, 0.25) is 0 Å². The third-order valence-electron chi connectivity index (χ3n) is 2.38. The maximum atomic E-state index is 2.17. The Balaban J connectivity index is -0.000000196. The molecule has 0 aliphatic heterocycles. The van der Waals surface area contributed by atoms with E-state index in [1.54, 1.807) is 0 Å². The van der Waals surface area contributed by atoms with Crippen LogP contribution in [0.5, 0.6) is 0 Å². The van der Waals surface area contributed by atoms with Gasteiger partial charge in [-0.1, -0.05) is 27.7 Å². The minimum absolute atomic E-state index is 0. The first-order valence-corrected chi connectivity index (χ1v) is 4.98. The molecular formula is C14H18Cl2Hf. The summed E-state index contributed by atoms with van der Waals surface area (Å²) in [4.78, 5) is 0. The number of aryl methyl sites for hydroxylation is 4. The van der Waals surface area contributed by atoms with Crippen molar-refractivity contribution >= 4 is 0 Å². The second kappa shape index (κ2) is 11.3. The van der Waals surface area contributed by atoms with Crippen LogP contribution >= 0.6 is 0 Å². The van der Waals surface area contributed by atoms with E-state index in [4.69, 9.17) is 0 Å². The van der Waals surface area contributed by atoms with E-state index in [0.29, 0.717) is 0 Å². The average molecular weight is 436 g/mol. The Morgan fingerprint density at radius 2 is 1.53 bits per heavy atom. The summed E-state index contributed by atoms with van der Waals surface area (Å²) < 4.78 is 0. The Hall–Kier alpha value is 0.150. The molecule has 2 aromatic rings. The summed E-state index contributed by atoms with van der Waals surface area (Å²) >= 11 is 0. The van der Waals surface area contributed by atoms with E-state index in [1.807, 2.05) is 0 Å². The van der Waals surface area contributed by atoms with E-state index in [0.717, 1.165) is 0 Å². The molecule has 0 atom stereocenters. The van der Waals surface area contributed by atoms with Crippen LogP contribution in [0, 0.1) is 27.7 Å². The van der Waals surface area contributed by atoms with Crippen LogP contribution in [0.3, 0.4) is 0 Å². The second-order valence-corrected chi connectivity index (χ2v) is 3.86. The normalized spacial score (nSPS) is 7.76. The van der Waals surface area contributed by atoms with Gasteiger partial charge in [-0.15, -0.1) is 0 Å². The smallest absolute Gasteiger partial charge is 1.00 e. The van der Waals surface area contributed by atoms with Crippen LogP contribution in [-0.4, -0.2) is 0 Å². The Morgan fingerprint density at radius 1 is 0.941 bits per heavy atom. The molecule has 2 rings (SSSR count). The molecule has 0 saturated heterocycles. The third-order valence-corrected chi connectivity index (χ3v) is 2.38. The SMILES string of the molecule is Cc1cc[c-](C)c1.Cc1ccc[c-]1C.[Cl-].[Cl-].[Hf+4]. The summed E-state index contributed by atoms with van der Waals surface area (Å²) in [5.41, 5.74) is 5.50. The largest absolute Gasteiger partial charge is 4.00 e. The van der Waals surface area contributed by atoms with Gasteiger partial charge in [0.15, 0.2) is 0 Å². The van der Waals surface area contributed by atoms with E-state index in [-0.39, 0.29) is 50.7 Å². The van der Waals surface area contributed by atoms with Gasteiger partial charge in [0.25, 0.3) is 0 Å². The van der Waals surface area contributed by atoms with Crippen molar-refractivity contribution in [3.63, 3.8) is 0 Å². The van der Waals surface area contributed by atoms with Crippen LogP contribution in [0.2, 0.25) is 0 Å². The third kappa shape index (κ3) is 8.82. The fraction of sp³-hybridized carbons (Fsp3) is 0.286. The second-order valence-electron chi connectivity index (χ2n) is 3.86. The van der Waals surface area contributed by atoms with Gasteiger partial charge in [-0.05, 0) is 0 Å². The molecule has 0 nitrogen and oxygen atoms in total. The standard InChI is InChI=1S/2C7H9.2ClH.Hf/c1-6-3-4-7(2)5-6;1-6-4-3-5-7(6)2;;;/h2*3-5H,1-2H3;2*1H;/q2*-1;;;+4/p-2. The van der Waals surface area contributed by atoms with E-state index in [9.17, 15) is 0 Å². The molecule has 0 aliphatic rings. The predicted octanol–water partition coefficient (Wildman–Crippen LogP) is -1.95. The first kappa shape index (κ1) is 22.3. The fourth-order valence-electron chi connectivity index (χ4n) is 1.32. The van der Waals surface area contributed by atoms with Crippen molar-refractivity contribution in [3.05, 3.63) is 58.7 Å². The average Bonchev–Trinajstić information content (AvgIpc) is 2.65. The minimum Gasteiger partial charge on any atom is -1.00 e. The summed E-state index contributed by atoms with van der Waals surface area (Å²) in [6, 6.07) is 12.7. The molecule has 0 fully saturated rings. The molecule has 0 amide bonds. The molecule has 0 radical (unpaired) electrons. The van der Waals surface area contributed by atoms with E-state index < -0.39 is 0 Å². The van der Waals surface area contributed by atoms with Crippen molar-refractivity contribution in [1.29, 1.82) is 0 Å². The van der Waals surface area contributed by atoms with Crippen molar-refractivity contribution in [2.45, 2.75) is 27.7 Å². The van der Waals surface area contributed by atoms with Crippen LogP contribution < -0.4 is 24.8 Å². The number of hydrogen-bond acceptors (Lipinski definition) is 0. The zero-order chi connectivity index (χ0) is 10.6. The number of hydrogen-bond donors (Lipinski definition) is 0. The molecule has 0 spiro atoms. The van der Waals surface area contributed by atoms with Gasteiger partial charge >= 0.3 is 25.8 Å². The quantitative estimate of drug-likeness (QED) is 0.333. The van der Waals surface area contributed by atoms with Crippen LogP contribution in [-0.2, 0) is 25.8 Å². The number of halogens is 2. The molecule has 0 bridgehead atoms. The molecule has 0 unspecified atom stereocenters. The van der Waals surface area contributed by atoms with Gasteiger partial charge in [0.05, 0.1) is 0 Å². The van der Waals surface area contributed by atoms with E-state index in [2.05, 4.69) is 64.1 Å². The van der Waals surface area contributed by atoms with Crippen molar-refractivity contribution in [2.24, 2.45) is 0 Å².